The van der Waals surface area contributed by atoms with Gasteiger partial charge < -0.3 is 10.1 Å². The number of carbonyl (C=O) groups excluding carboxylic acids is 1. The Morgan fingerprint density at radius 2 is 2.46 bits per heavy atom. The number of rotatable bonds is 3. The van der Waals surface area contributed by atoms with Crippen LogP contribution in [0.15, 0.2) is 18.3 Å². The molecule has 0 aromatic carbocycles. The summed E-state index contributed by atoms with van der Waals surface area (Å²) in [6.07, 6.45) is 1.65. The molecule has 0 saturated heterocycles. The third kappa shape index (κ3) is 3.11. The van der Waals surface area contributed by atoms with Gasteiger partial charge in [-0.15, -0.1) is 0 Å². The molecule has 0 unspecified atom stereocenters. The van der Waals surface area contributed by atoms with E-state index >= 15 is 0 Å². The summed E-state index contributed by atoms with van der Waals surface area (Å²) in [5.74, 6) is 0.513. The fraction of sp³-hybridized carbons (Fsp3) is 0.333. The summed E-state index contributed by atoms with van der Waals surface area (Å²) in [6.45, 7) is 1.99. The van der Waals surface area contributed by atoms with Crippen molar-refractivity contribution in [1.29, 1.82) is 0 Å². The number of hydrogen-bond donors (Lipinski definition) is 1. The Morgan fingerprint density at radius 3 is 3.08 bits per heavy atom. The van der Waals surface area contributed by atoms with Crippen molar-refractivity contribution < 1.29 is 9.53 Å². The van der Waals surface area contributed by atoms with Gasteiger partial charge >= 0.3 is 0 Å². The molecule has 0 saturated carbocycles. The van der Waals surface area contributed by atoms with Crippen molar-refractivity contribution in [3.8, 4) is 5.88 Å². The Kier molecular flexibility index (Phi) is 3.25. The van der Waals surface area contributed by atoms with Crippen molar-refractivity contribution in [3.63, 3.8) is 0 Å². The number of ether oxygens (including phenoxy) is 1. The number of carbonyl (C=O) groups is 1. The molecule has 0 bridgehead atoms. The fourth-order valence-electron chi connectivity index (χ4n) is 0.899. The lowest BCUT2D eigenvalue weighted by molar-refractivity contribution is -0.119. The summed E-state index contributed by atoms with van der Waals surface area (Å²) in [7, 11) is 1.56. The van der Waals surface area contributed by atoms with Gasteiger partial charge in [0.1, 0.15) is 0 Å². The summed E-state index contributed by atoms with van der Waals surface area (Å²) in [6, 6.07) is 3.62. The van der Waals surface area contributed by atoms with Crippen molar-refractivity contribution in [1.82, 2.24) is 10.3 Å². The second kappa shape index (κ2) is 4.45. The Labute approximate surface area is 76.9 Å². The van der Waals surface area contributed by atoms with E-state index in [0.29, 0.717) is 12.4 Å². The summed E-state index contributed by atoms with van der Waals surface area (Å²) < 4.78 is 4.94. The summed E-state index contributed by atoms with van der Waals surface area (Å²) in [5, 5.41) is 2.69. The van der Waals surface area contributed by atoms with Gasteiger partial charge in [0, 0.05) is 25.7 Å². The first-order valence-electron chi connectivity index (χ1n) is 3.95. The van der Waals surface area contributed by atoms with Crippen LogP contribution < -0.4 is 10.1 Å². The highest BCUT2D eigenvalue weighted by atomic mass is 16.5. The number of amides is 1. The third-order valence-corrected chi connectivity index (χ3v) is 1.55. The average molecular weight is 180 g/mol. The minimum Gasteiger partial charge on any atom is -0.481 e. The van der Waals surface area contributed by atoms with Gasteiger partial charge in [0.05, 0.1) is 7.11 Å². The molecular weight excluding hydrogens is 168 g/mol. The smallest absolute Gasteiger partial charge is 0.217 e. The Balaban J connectivity index is 2.61. The number of nitrogens with one attached hydrogen (secondary N) is 1. The molecule has 1 heterocycles. The van der Waals surface area contributed by atoms with Gasteiger partial charge in [0.2, 0.25) is 11.8 Å². The van der Waals surface area contributed by atoms with Crippen LogP contribution in [0.4, 0.5) is 0 Å². The van der Waals surface area contributed by atoms with E-state index in [-0.39, 0.29) is 5.91 Å². The molecule has 0 radical (unpaired) electrons. The van der Waals surface area contributed by atoms with Gasteiger partial charge in [0.15, 0.2) is 0 Å². The molecule has 4 nitrogen and oxygen atoms in total. The fourth-order valence-corrected chi connectivity index (χ4v) is 0.899. The standard InChI is InChI=1S/C9H12N2O2/c1-7(12)11-6-8-3-4-10-9(5-8)13-2/h3-5H,6H2,1-2H3,(H,11,12). The Morgan fingerprint density at radius 1 is 1.69 bits per heavy atom. The van der Waals surface area contributed by atoms with Crippen LogP contribution >= 0.6 is 0 Å². The molecule has 1 aromatic heterocycles. The molecule has 0 aliphatic carbocycles. The van der Waals surface area contributed by atoms with Gasteiger partial charge in [-0.05, 0) is 11.6 Å². The van der Waals surface area contributed by atoms with E-state index in [9.17, 15) is 4.79 Å². The van der Waals surface area contributed by atoms with Crippen molar-refractivity contribution in [2.24, 2.45) is 0 Å². The molecule has 0 aliphatic heterocycles. The average Bonchev–Trinajstić information content (AvgIpc) is 2.15. The van der Waals surface area contributed by atoms with E-state index in [1.54, 1.807) is 19.4 Å². The van der Waals surface area contributed by atoms with Crippen molar-refractivity contribution >= 4 is 5.91 Å². The van der Waals surface area contributed by atoms with Crippen molar-refractivity contribution in [2.75, 3.05) is 7.11 Å². The molecule has 0 aliphatic rings. The second-order valence-electron chi connectivity index (χ2n) is 2.62. The second-order valence-corrected chi connectivity index (χ2v) is 2.62. The van der Waals surface area contributed by atoms with Gasteiger partial charge in [-0.3, -0.25) is 4.79 Å². The Hall–Kier alpha value is -1.58. The van der Waals surface area contributed by atoms with Gasteiger partial charge in [0.25, 0.3) is 0 Å². The maximum absolute atomic E-state index is 10.6. The topological polar surface area (TPSA) is 51.2 Å². The zero-order valence-electron chi connectivity index (χ0n) is 7.70. The number of hydrogen-bond acceptors (Lipinski definition) is 3. The van der Waals surface area contributed by atoms with E-state index in [1.165, 1.54) is 6.92 Å². The molecule has 1 amide bonds. The van der Waals surface area contributed by atoms with Crippen molar-refractivity contribution in [3.05, 3.63) is 23.9 Å². The first kappa shape index (κ1) is 9.51. The molecule has 1 aromatic rings. The van der Waals surface area contributed by atoms with E-state index < -0.39 is 0 Å². The van der Waals surface area contributed by atoms with E-state index in [2.05, 4.69) is 10.3 Å². The van der Waals surface area contributed by atoms with Crippen LogP contribution in [0.25, 0.3) is 0 Å². The first-order valence-corrected chi connectivity index (χ1v) is 3.95. The summed E-state index contributed by atoms with van der Waals surface area (Å²) in [4.78, 5) is 14.6. The van der Waals surface area contributed by atoms with Crippen LogP contribution in [-0.4, -0.2) is 18.0 Å². The van der Waals surface area contributed by atoms with Gasteiger partial charge in [-0.2, -0.15) is 0 Å². The lowest BCUT2D eigenvalue weighted by Gasteiger charge is -2.03. The predicted molar refractivity (Wildman–Crippen MR) is 48.3 cm³/mol. The zero-order chi connectivity index (χ0) is 9.68. The lowest BCUT2D eigenvalue weighted by atomic mass is 10.2. The molecule has 0 atom stereocenters. The number of methoxy groups -OCH3 is 1. The van der Waals surface area contributed by atoms with Crippen LogP contribution in [0.2, 0.25) is 0 Å². The lowest BCUT2D eigenvalue weighted by Crippen LogP contribution is -2.18. The first-order chi connectivity index (χ1) is 6.22. The van der Waals surface area contributed by atoms with Crippen LogP contribution in [-0.2, 0) is 11.3 Å². The predicted octanol–water partition coefficient (Wildman–Crippen LogP) is 0.726. The highest BCUT2D eigenvalue weighted by Gasteiger charge is 1.97. The molecule has 0 fully saturated rings. The number of pyridine rings is 1. The minimum absolute atomic E-state index is 0.0456. The molecular formula is C9H12N2O2. The van der Waals surface area contributed by atoms with Crippen LogP contribution in [0.3, 0.4) is 0 Å². The van der Waals surface area contributed by atoms with E-state index in [0.717, 1.165) is 5.56 Å². The van der Waals surface area contributed by atoms with Crippen LogP contribution in [0.5, 0.6) is 5.88 Å². The highest BCUT2D eigenvalue weighted by molar-refractivity contribution is 5.72. The summed E-state index contributed by atoms with van der Waals surface area (Å²) in [5.41, 5.74) is 0.974. The van der Waals surface area contributed by atoms with Gasteiger partial charge in [-0.1, -0.05) is 0 Å². The monoisotopic (exact) mass is 180 g/mol. The Bertz CT molecular complexity index is 299. The highest BCUT2D eigenvalue weighted by Crippen LogP contribution is 2.07. The van der Waals surface area contributed by atoms with E-state index in [4.69, 9.17) is 4.74 Å². The maximum atomic E-state index is 10.6. The van der Waals surface area contributed by atoms with E-state index in [1.807, 2.05) is 6.07 Å². The normalized spacial score (nSPS) is 9.38. The third-order valence-electron chi connectivity index (χ3n) is 1.55. The van der Waals surface area contributed by atoms with Gasteiger partial charge in [-0.25, -0.2) is 4.98 Å². The molecule has 1 rings (SSSR count). The molecule has 4 heteroatoms. The van der Waals surface area contributed by atoms with Crippen LogP contribution in [0.1, 0.15) is 12.5 Å². The maximum Gasteiger partial charge on any atom is 0.217 e. The molecule has 13 heavy (non-hydrogen) atoms. The SMILES string of the molecule is COc1cc(CNC(C)=O)ccn1. The van der Waals surface area contributed by atoms with Crippen molar-refractivity contribution in [2.45, 2.75) is 13.5 Å². The molecule has 0 spiro atoms. The molecule has 1 N–H and O–H groups in total. The number of aromatic nitrogens is 1. The quantitative estimate of drug-likeness (QED) is 0.745. The largest absolute Gasteiger partial charge is 0.481 e. The minimum atomic E-state index is -0.0456. The number of nitrogens with zero attached hydrogens (tertiary/aromatic N) is 1. The summed E-state index contributed by atoms with van der Waals surface area (Å²) >= 11 is 0. The zero-order valence-corrected chi connectivity index (χ0v) is 7.70. The molecule has 70 valence electrons. The van der Waals surface area contributed by atoms with Crippen LogP contribution in [0, 0.1) is 0 Å².